The average Bonchev–Trinajstić information content (AvgIpc) is 3.06. The molecule has 0 N–H and O–H groups in total. The molecule has 23 heavy (non-hydrogen) atoms. The van der Waals surface area contributed by atoms with Gasteiger partial charge in [-0.2, -0.15) is 4.31 Å². The standard InChI is InChI=1S/C16H20N2O3S2/c1-12(2)16-17-15(11-22-16)13-3-5-14(6-4-13)23(19,20)18-7-9-21-10-8-18/h3-6,11-12H,7-10H2,1-2H3. The van der Waals surface area contributed by atoms with Crippen LogP contribution in [0.1, 0.15) is 24.8 Å². The van der Waals surface area contributed by atoms with Gasteiger partial charge in [0.25, 0.3) is 0 Å². The molecule has 0 unspecified atom stereocenters. The van der Waals surface area contributed by atoms with Gasteiger partial charge in [0, 0.05) is 30.0 Å². The Kier molecular flexibility index (Phi) is 4.82. The fourth-order valence-electron chi connectivity index (χ4n) is 2.42. The molecule has 5 nitrogen and oxygen atoms in total. The molecule has 2 aromatic rings. The lowest BCUT2D eigenvalue weighted by atomic mass is 10.2. The first-order valence-corrected chi connectivity index (χ1v) is 9.94. The Morgan fingerprint density at radius 2 is 1.83 bits per heavy atom. The van der Waals surface area contributed by atoms with Crippen LogP contribution in [0.25, 0.3) is 11.3 Å². The van der Waals surface area contributed by atoms with Gasteiger partial charge in [0.05, 0.1) is 28.8 Å². The molecule has 1 saturated heterocycles. The monoisotopic (exact) mass is 352 g/mol. The minimum absolute atomic E-state index is 0.322. The fraction of sp³-hybridized carbons (Fsp3) is 0.438. The third-order valence-corrected chi connectivity index (χ3v) is 6.83. The number of hydrogen-bond donors (Lipinski definition) is 0. The molecule has 0 bridgehead atoms. The van der Waals surface area contributed by atoms with E-state index in [1.54, 1.807) is 23.5 Å². The highest BCUT2D eigenvalue weighted by molar-refractivity contribution is 7.89. The summed E-state index contributed by atoms with van der Waals surface area (Å²) in [7, 11) is -3.43. The van der Waals surface area contributed by atoms with Crippen molar-refractivity contribution in [3.8, 4) is 11.3 Å². The number of sulfonamides is 1. The third kappa shape index (κ3) is 3.47. The molecule has 1 aromatic carbocycles. The molecule has 1 aromatic heterocycles. The van der Waals surface area contributed by atoms with E-state index in [4.69, 9.17) is 4.74 Å². The number of thiazole rings is 1. The zero-order valence-corrected chi connectivity index (χ0v) is 14.9. The highest BCUT2D eigenvalue weighted by Gasteiger charge is 2.26. The van der Waals surface area contributed by atoms with E-state index < -0.39 is 10.0 Å². The Hall–Kier alpha value is -1.28. The van der Waals surface area contributed by atoms with Crippen molar-refractivity contribution in [1.29, 1.82) is 0 Å². The minimum atomic E-state index is -3.43. The fourth-order valence-corrected chi connectivity index (χ4v) is 4.67. The molecule has 0 spiro atoms. The average molecular weight is 352 g/mol. The van der Waals surface area contributed by atoms with Crippen LogP contribution >= 0.6 is 11.3 Å². The number of ether oxygens (including phenoxy) is 1. The number of benzene rings is 1. The molecule has 1 fully saturated rings. The molecule has 0 saturated carbocycles. The maximum Gasteiger partial charge on any atom is 0.243 e. The first kappa shape index (κ1) is 16.6. The molecular weight excluding hydrogens is 332 g/mol. The number of morpholine rings is 1. The Morgan fingerprint density at radius 1 is 1.17 bits per heavy atom. The summed E-state index contributed by atoms with van der Waals surface area (Å²) in [5.41, 5.74) is 1.84. The maximum atomic E-state index is 12.6. The summed E-state index contributed by atoms with van der Waals surface area (Å²) in [6.45, 7) is 5.95. The zero-order valence-electron chi connectivity index (χ0n) is 13.2. The van der Waals surface area contributed by atoms with Crippen LogP contribution in [-0.4, -0.2) is 44.0 Å². The number of nitrogens with zero attached hydrogens (tertiary/aromatic N) is 2. The molecule has 0 aliphatic carbocycles. The van der Waals surface area contributed by atoms with Gasteiger partial charge in [0.2, 0.25) is 10.0 Å². The van der Waals surface area contributed by atoms with Gasteiger partial charge >= 0.3 is 0 Å². The van der Waals surface area contributed by atoms with Gasteiger partial charge in [-0.1, -0.05) is 26.0 Å². The first-order chi connectivity index (χ1) is 11.0. The largest absolute Gasteiger partial charge is 0.379 e. The predicted octanol–water partition coefficient (Wildman–Crippen LogP) is 2.95. The lowest BCUT2D eigenvalue weighted by Gasteiger charge is -2.26. The first-order valence-electron chi connectivity index (χ1n) is 7.62. The van der Waals surface area contributed by atoms with Crippen LogP contribution in [0.2, 0.25) is 0 Å². The molecule has 0 atom stereocenters. The van der Waals surface area contributed by atoms with Crippen LogP contribution in [0.15, 0.2) is 34.5 Å². The number of hydrogen-bond acceptors (Lipinski definition) is 5. The van der Waals surface area contributed by atoms with Crippen molar-refractivity contribution in [2.45, 2.75) is 24.7 Å². The Labute approximate surface area is 141 Å². The summed E-state index contributed by atoms with van der Waals surface area (Å²) in [5.74, 6) is 0.398. The van der Waals surface area contributed by atoms with Gasteiger partial charge < -0.3 is 4.74 Å². The smallest absolute Gasteiger partial charge is 0.243 e. The van der Waals surface area contributed by atoms with Gasteiger partial charge in [0.1, 0.15) is 0 Å². The summed E-state index contributed by atoms with van der Waals surface area (Å²) < 4.78 is 31.9. The van der Waals surface area contributed by atoms with Gasteiger partial charge in [-0.15, -0.1) is 11.3 Å². The van der Waals surface area contributed by atoms with Crippen molar-refractivity contribution in [3.63, 3.8) is 0 Å². The van der Waals surface area contributed by atoms with E-state index in [0.717, 1.165) is 16.3 Å². The molecule has 1 aliphatic heterocycles. The van der Waals surface area contributed by atoms with Crippen molar-refractivity contribution in [3.05, 3.63) is 34.7 Å². The van der Waals surface area contributed by atoms with Crippen LogP contribution < -0.4 is 0 Å². The van der Waals surface area contributed by atoms with Crippen LogP contribution in [-0.2, 0) is 14.8 Å². The summed E-state index contributed by atoms with van der Waals surface area (Å²) in [4.78, 5) is 4.93. The molecule has 1 aliphatic rings. The summed E-state index contributed by atoms with van der Waals surface area (Å²) in [6, 6.07) is 6.97. The van der Waals surface area contributed by atoms with E-state index in [-0.39, 0.29) is 0 Å². The van der Waals surface area contributed by atoms with E-state index in [1.165, 1.54) is 4.31 Å². The molecule has 0 amide bonds. The summed E-state index contributed by atoms with van der Waals surface area (Å²) in [5, 5.41) is 3.10. The van der Waals surface area contributed by atoms with Crippen LogP contribution in [0.4, 0.5) is 0 Å². The van der Waals surface area contributed by atoms with E-state index >= 15 is 0 Å². The predicted molar refractivity (Wildman–Crippen MR) is 91.2 cm³/mol. The van der Waals surface area contributed by atoms with Gasteiger partial charge in [0.15, 0.2) is 0 Å². The maximum absolute atomic E-state index is 12.6. The van der Waals surface area contributed by atoms with Crippen molar-refractivity contribution in [1.82, 2.24) is 9.29 Å². The topological polar surface area (TPSA) is 59.5 Å². The zero-order chi connectivity index (χ0) is 16.4. The van der Waals surface area contributed by atoms with E-state index in [0.29, 0.717) is 37.1 Å². The second-order valence-electron chi connectivity index (χ2n) is 5.77. The molecule has 0 radical (unpaired) electrons. The van der Waals surface area contributed by atoms with Gasteiger partial charge in [-0.3, -0.25) is 0 Å². The lowest BCUT2D eigenvalue weighted by Crippen LogP contribution is -2.40. The van der Waals surface area contributed by atoms with Crippen LogP contribution in [0.5, 0.6) is 0 Å². The van der Waals surface area contributed by atoms with Crippen LogP contribution in [0.3, 0.4) is 0 Å². The van der Waals surface area contributed by atoms with E-state index in [9.17, 15) is 8.42 Å². The summed E-state index contributed by atoms with van der Waals surface area (Å²) >= 11 is 1.63. The SMILES string of the molecule is CC(C)c1nc(-c2ccc(S(=O)(=O)N3CCOCC3)cc2)cs1. The third-order valence-electron chi connectivity index (χ3n) is 3.77. The molecule has 7 heteroatoms. The normalized spacial score (nSPS) is 16.8. The van der Waals surface area contributed by atoms with Crippen molar-refractivity contribution >= 4 is 21.4 Å². The Morgan fingerprint density at radius 3 is 2.39 bits per heavy atom. The molecule has 3 rings (SSSR count). The second-order valence-corrected chi connectivity index (χ2v) is 8.59. The summed E-state index contributed by atoms with van der Waals surface area (Å²) in [6.07, 6.45) is 0. The van der Waals surface area contributed by atoms with E-state index in [2.05, 4.69) is 18.8 Å². The highest BCUT2D eigenvalue weighted by atomic mass is 32.2. The molecule has 2 heterocycles. The van der Waals surface area contributed by atoms with Crippen molar-refractivity contribution < 1.29 is 13.2 Å². The second kappa shape index (κ2) is 6.68. The minimum Gasteiger partial charge on any atom is -0.379 e. The molecular formula is C16H20N2O3S2. The van der Waals surface area contributed by atoms with Gasteiger partial charge in [-0.25, -0.2) is 13.4 Å². The number of rotatable bonds is 4. The lowest BCUT2D eigenvalue weighted by molar-refractivity contribution is 0.0730. The van der Waals surface area contributed by atoms with Crippen LogP contribution in [0, 0.1) is 0 Å². The van der Waals surface area contributed by atoms with Gasteiger partial charge in [-0.05, 0) is 12.1 Å². The Balaban J connectivity index is 1.83. The molecule has 124 valence electrons. The highest BCUT2D eigenvalue weighted by Crippen LogP contribution is 2.27. The van der Waals surface area contributed by atoms with E-state index in [1.807, 2.05) is 17.5 Å². The number of aromatic nitrogens is 1. The Bertz CT molecular complexity index is 761. The van der Waals surface area contributed by atoms with Crippen molar-refractivity contribution in [2.24, 2.45) is 0 Å². The van der Waals surface area contributed by atoms with Crippen molar-refractivity contribution in [2.75, 3.05) is 26.3 Å². The quantitative estimate of drug-likeness (QED) is 0.849.